The number of aromatic nitrogens is 3. The van der Waals surface area contributed by atoms with Gasteiger partial charge >= 0.3 is 0 Å². The Morgan fingerprint density at radius 3 is 2.93 bits per heavy atom. The molecule has 4 aromatic rings. The fourth-order valence-corrected chi connectivity index (χ4v) is 4.83. The van der Waals surface area contributed by atoms with Crippen LogP contribution in [0.15, 0.2) is 54.2 Å². The zero-order valence-electron chi connectivity index (χ0n) is 15.7. The van der Waals surface area contributed by atoms with Gasteiger partial charge in [-0.15, -0.1) is 11.3 Å². The van der Waals surface area contributed by atoms with Crippen LogP contribution in [0.4, 0.5) is 5.13 Å². The van der Waals surface area contributed by atoms with Crippen LogP contribution in [0.25, 0.3) is 16.3 Å². The minimum absolute atomic E-state index is 0.0750. The quantitative estimate of drug-likeness (QED) is 0.426. The number of benzene rings is 1. The molecule has 0 radical (unpaired) electrons. The van der Waals surface area contributed by atoms with E-state index in [1.165, 1.54) is 5.56 Å². The highest BCUT2D eigenvalue weighted by molar-refractivity contribution is 7.22. The lowest BCUT2D eigenvalue weighted by atomic mass is 10.1. The predicted molar refractivity (Wildman–Crippen MR) is 117 cm³/mol. The third kappa shape index (κ3) is 4.05. The first-order valence-electron chi connectivity index (χ1n) is 8.98. The summed E-state index contributed by atoms with van der Waals surface area (Å²) in [5.41, 5.74) is 3.29. The summed E-state index contributed by atoms with van der Waals surface area (Å²) < 4.78 is 2.93. The smallest absolute Gasteiger partial charge is 0.252 e. The van der Waals surface area contributed by atoms with Crippen molar-refractivity contribution in [3.8, 4) is 0 Å². The molecular weight excluding hydrogens is 388 g/mol. The number of carbonyl (C=O) groups is 1. The number of carbonyl (C=O) groups excluding carboxylic acids is 1. The van der Waals surface area contributed by atoms with Gasteiger partial charge in [-0.1, -0.05) is 23.5 Å². The summed E-state index contributed by atoms with van der Waals surface area (Å²) in [4.78, 5) is 20.6. The van der Waals surface area contributed by atoms with Gasteiger partial charge in [0.25, 0.3) is 5.91 Å². The number of hydrogen-bond donors (Lipinski definition) is 0. The maximum atomic E-state index is 13.0. The van der Waals surface area contributed by atoms with Crippen molar-refractivity contribution in [2.75, 3.05) is 11.4 Å². The lowest BCUT2D eigenvalue weighted by Crippen LogP contribution is -2.32. The fraction of sp³-hybridized carbons (Fsp3) is 0.190. The van der Waals surface area contributed by atoms with Crippen LogP contribution < -0.4 is 4.90 Å². The summed E-state index contributed by atoms with van der Waals surface area (Å²) in [6, 6.07) is 10.1. The second kappa shape index (κ2) is 8.08. The molecule has 0 aliphatic heterocycles. The van der Waals surface area contributed by atoms with Gasteiger partial charge in [0, 0.05) is 29.9 Å². The van der Waals surface area contributed by atoms with Crippen LogP contribution in [-0.4, -0.2) is 27.2 Å². The van der Waals surface area contributed by atoms with E-state index >= 15 is 0 Å². The average Bonchev–Trinajstić information content (AvgIpc) is 3.42. The summed E-state index contributed by atoms with van der Waals surface area (Å²) in [6.07, 6.45) is 7.12. The van der Waals surface area contributed by atoms with Gasteiger partial charge in [-0.05, 0) is 54.6 Å². The highest BCUT2D eigenvalue weighted by Crippen LogP contribution is 2.32. The monoisotopic (exact) mass is 408 g/mol. The summed E-state index contributed by atoms with van der Waals surface area (Å²) in [6.45, 7) is 5.26. The van der Waals surface area contributed by atoms with E-state index in [1.54, 1.807) is 39.8 Å². The Bertz CT molecular complexity index is 1110. The Labute approximate surface area is 171 Å². The van der Waals surface area contributed by atoms with Crippen molar-refractivity contribution in [3.63, 3.8) is 0 Å². The van der Waals surface area contributed by atoms with Gasteiger partial charge < -0.3 is 0 Å². The summed E-state index contributed by atoms with van der Waals surface area (Å²) in [7, 11) is 0. The molecule has 5 nitrogen and oxygen atoms in total. The van der Waals surface area contributed by atoms with Crippen LogP contribution in [0, 0.1) is 13.8 Å². The average molecular weight is 409 g/mol. The molecule has 0 fully saturated rings. The molecule has 0 aliphatic carbocycles. The third-order valence-electron chi connectivity index (χ3n) is 4.36. The Kier molecular flexibility index (Phi) is 5.36. The number of anilines is 1. The predicted octanol–water partition coefficient (Wildman–Crippen LogP) is 4.92. The van der Waals surface area contributed by atoms with Gasteiger partial charge in [-0.3, -0.25) is 14.4 Å². The summed E-state index contributed by atoms with van der Waals surface area (Å²) in [5, 5.41) is 6.96. The molecule has 28 heavy (non-hydrogen) atoms. The van der Waals surface area contributed by atoms with Crippen molar-refractivity contribution in [1.29, 1.82) is 0 Å². The maximum absolute atomic E-state index is 13.0. The van der Waals surface area contributed by atoms with Crippen LogP contribution in [0.3, 0.4) is 0 Å². The van der Waals surface area contributed by atoms with E-state index in [1.807, 2.05) is 40.5 Å². The molecule has 0 N–H and O–H groups in total. The molecule has 0 atom stereocenters. The van der Waals surface area contributed by atoms with Gasteiger partial charge in [0.05, 0.1) is 16.8 Å². The zero-order chi connectivity index (χ0) is 19.5. The number of thiophene rings is 1. The molecule has 0 bridgehead atoms. The van der Waals surface area contributed by atoms with E-state index in [4.69, 9.17) is 4.98 Å². The topological polar surface area (TPSA) is 51.0 Å². The highest BCUT2D eigenvalue weighted by atomic mass is 32.1. The Morgan fingerprint density at radius 2 is 2.18 bits per heavy atom. The van der Waals surface area contributed by atoms with Gasteiger partial charge in [-0.2, -0.15) is 5.10 Å². The van der Waals surface area contributed by atoms with E-state index in [9.17, 15) is 4.79 Å². The maximum Gasteiger partial charge on any atom is 0.252 e. The molecule has 1 aromatic carbocycles. The Morgan fingerprint density at radius 1 is 1.29 bits per heavy atom. The van der Waals surface area contributed by atoms with Crippen molar-refractivity contribution >= 4 is 50.0 Å². The SMILES string of the molecule is Cc1cc(C)c2nc(N(CCn3cccn3)C(=O)/C=C/c3cccs3)sc2c1. The van der Waals surface area contributed by atoms with E-state index in [2.05, 4.69) is 31.1 Å². The Balaban J connectivity index is 1.65. The molecule has 4 rings (SSSR count). The number of rotatable bonds is 6. The van der Waals surface area contributed by atoms with Crippen molar-refractivity contribution in [1.82, 2.24) is 14.8 Å². The van der Waals surface area contributed by atoms with Crippen molar-refractivity contribution in [2.45, 2.75) is 20.4 Å². The molecule has 0 spiro atoms. The summed E-state index contributed by atoms with van der Waals surface area (Å²) in [5.74, 6) is -0.0750. The molecule has 1 amide bonds. The van der Waals surface area contributed by atoms with Crippen LogP contribution in [0.1, 0.15) is 16.0 Å². The number of fused-ring (bicyclic) bond motifs is 1. The normalized spacial score (nSPS) is 11.5. The van der Waals surface area contributed by atoms with Crippen LogP contribution in [-0.2, 0) is 11.3 Å². The lowest BCUT2D eigenvalue weighted by molar-refractivity contribution is -0.114. The van der Waals surface area contributed by atoms with Crippen molar-refractivity contribution in [3.05, 3.63) is 70.2 Å². The molecule has 0 saturated heterocycles. The molecule has 3 aromatic heterocycles. The second-order valence-corrected chi connectivity index (χ2v) is 8.52. The number of aryl methyl sites for hydroxylation is 2. The van der Waals surface area contributed by atoms with Gasteiger partial charge in [0.1, 0.15) is 0 Å². The summed E-state index contributed by atoms with van der Waals surface area (Å²) >= 11 is 3.16. The molecule has 0 unspecified atom stereocenters. The van der Waals surface area contributed by atoms with E-state index in [0.717, 1.165) is 25.8 Å². The first-order valence-corrected chi connectivity index (χ1v) is 10.7. The standard InChI is InChI=1S/C21H20N4OS2/c1-15-13-16(2)20-18(14-15)28-21(23-20)25(11-10-24-9-4-8-22-24)19(26)7-6-17-5-3-12-27-17/h3-9,12-14H,10-11H2,1-2H3/b7-6+. The largest absolute Gasteiger partial charge is 0.283 e. The van der Waals surface area contributed by atoms with Gasteiger partial charge in [0.2, 0.25) is 0 Å². The molecule has 142 valence electrons. The number of nitrogens with zero attached hydrogens (tertiary/aromatic N) is 4. The van der Waals surface area contributed by atoms with Crippen LogP contribution in [0.5, 0.6) is 0 Å². The first-order chi connectivity index (χ1) is 13.6. The third-order valence-corrected chi connectivity index (χ3v) is 6.22. The van der Waals surface area contributed by atoms with E-state index in [0.29, 0.717) is 13.1 Å². The lowest BCUT2D eigenvalue weighted by Gasteiger charge is -2.18. The minimum atomic E-state index is -0.0750. The number of thiazole rings is 1. The van der Waals surface area contributed by atoms with Crippen molar-refractivity contribution < 1.29 is 4.79 Å². The van der Waals surface area contributed by atoms with Crippen molar-refractivity contribution in [2.24, 2.45) is 0 Å². The number of hydrogen-bond acceptors (Lipinski definition) is 5. The second-order valence-electron chi connectivity index (χ2n) is 6.53. The molecular formula is C21H20N4OS2. The van der Waals surface area contributed by atoms with Gasteiger partial charge in [-0.25, -0.2) is 4.98 Å². The van der Waals surface area contributed by atoms with Gasteiger partial charge in [0.15, 0.2) is 5.13 Å². The van der Waals surface area contributed by atoms with Crippen LogP contribution >= 0.6 is 22.7 Å². The molecule has 3 heterocycles. The fourth-order valence-electron chi connectivity index (χ4n) is 3.04. The minimum Gasteiger partial charge on any atom is -0.283 e. The van der Waals surface area contributed by atoms with E-state index < -0.39 is 0 Å². The molecule has 7 heteroatoms. The Hall–Kier alpha value is -2.77. The first kappa shape index (κ1) is 18.6. The van der Waals surface area contributed by atoms with Crippen LogP contribution in [0.2, 0.25) is 0 Å². The highest BCUT2D eigenvalue weighted by Gasteiger charge is 2.19. The molecule has 0 aliphatic rings. The van der Waals surface area contributed by atoms with E-state index in [-0.39, 0.29) is 5.91 Å². The molecule has 0 saturated carbocycles. The number of amides is 1. The zero-order valence-corrected chi connectivity index (χ0v) is 17.3.